The van der Waals surface area contributed by atoms with Crippen molar-refractivity contribution < 1.29 is 13.2 Å². The summed E-state index contributed by atoms with van der Waals surface area (Å²) >= 11 is 0. The molecule has 0 aliphatic carbocycles. The van der Waals surface area contributed by atoms with Gasteiger partial charge in [0.15, 0.2) is 0 Å². The van der Waals surface area contributed by atoms with Gasteiger partial charge in [-0.25, -0.2) is 13.2 Å². The maximum Gasteiger partial charge on any atom is 0.128 e. The van der Waals surface area contributed by atoms with Crippen molar-refractivity contribution in [3.8, 4) is 0 Å². The van der Waals surface area contributed by atoms with Crippen LogP contribution in [0.25, 0.3) is 0 Å². The number of hydrogen-bond acceptors (Lipinski definition) is 1. The fraction of sp³-hybridized carbons (Fsp3) is 0.100. The van der Waals surface area contributed by atoms with Crippen LogP contribution in [0.5, 0.6) is 0 Å². The third kappa shape index (κ3) is 3.13. The van der Waals surface area contributed by atoms with Crippen molar-refractivity contribution in [2.75, 3.05) is 4.90 Å². The monoisotopic (exact) mass is 327 g/mol. The summed E-state index contributed by atoms with van der Waals surface area (Å²) in [5, 5.41) is 0. The smallest absolute Gasteiger partial charge is 0.128 e. The van der Waals surface area contributed by atoms with Gasteiger partial charge in [-0.1, -0.05) is 12.1 Å². The third-order valence-corrected chi connectivity index (χ3v) is 3.91. The van der Waals surface area contributed by atoms with Crippen LogP contribution in [0.4, 0.5) is 30.2 Å². The van der Waals surface area contributed by atoms with Gasteiger partial charge in [0.1, 0.15) is 17.5 Å². The zero-order valence-electron chi connectivity index (χ0n) is 13.4. The Morgan fingerprint density at radius 3 is 1.42 bits per heavy atom. The molecule has 0 aromatic heterocycles. The third-order valence-electron chi connectivity index (χ3n) is 3.91. The first-order valence-corrected chi connectivity index (χ1v) is 7.54. The van der Waals surface area contributed by atoms with Crippen LogP contribution in [0.2, 0.25) is 0 Å². The van der Waals surface area contributed by atoms with E-state index in [1.54, 1.807) is 55.1 Å². The molecule has 0 bridgehead atoms. The highest BCUT2D eigenvalue weighted by atomic mass is 19.1. The van der Waals surface area contributed by atoms with E-state index < -0.39 is 0 Å². The lowest BCUT2D eigenvalue weighted by Crippen LogP contribution is -2.11. The van der Waals surface area contributed by atoms with Crippen LogP contribution in [0, 0.1) is 31.3 Å². The minimum Gasteiger partial charge on any atom is -0.310 e. The number of benzene rings is 3. The Labute approximate surface area is 139 Å². The number of halogens is 3. The Morgan fingerprint density at radius 2 is 1.00 bits per heavy atom. The summed E-state index contributed by atoms with van der Waals surface area (Å²) < 4.78 is 41.3. The predicted molar refractivity (Wildman–Crippen MR) is 90.5 cm³/mol. The topological polar surface area (TPSA) is 3.24 Å². The summed E-state index contributed by atoms with van der Waals surface area (Å²) in [6.07, 6.45) is 0. The van der Waals surface area contributed by atoms with Gasteiger partial charge in [0.05, 0.1) is 0 Å². The highest BCUT2D eigenvalue weighted by Crippen LogP contribution is 2.35. The molecule has 0 saturated carbocycles. The average molecular weight is 327 g/mol. The standard InChI is InChI=1S/C20H16F3N/c1-13-3-7-17(11-19(13)22)24(16-9-5-15(21)6-10-16)18-8-4-14(2)20(23)12-18/h3-12H,1-2H3. The molecule has 0 saturated heterocycles. The maximum atomic E-state index is 14.0. The maximum absolute atomic E-state index is 14.0. The molecule has 0 amide bonds. The second kappa shape index (κ2) is 6.40. The molecule has 0 radical (unpaired) electrons. The molecule has 0 unspecified atom stereocenters. The van der Waals surface area contributed by atoms with Crippen molar-refractivity contribution in [1.82, 2.24) is 0 Å². The van der Waals surface area contributed by atoms with Gasteiger partial charge in [0.25, 0.3) is 0 Å². The number of aryl methyl sites for hydroxylation is 2. The lowest BCUT2D eigenvalue weighted by Gasteiger charge is -2.26. The van der Waals surface area contributed by atoms with Crippen molar-refractivity contribution in [2.45, 2.75) is 13.8 Å². The van der Waals surface area contributed by atoms with E-state index in [1.807, 2.05) is 0 Å². The van der Waals surface area contributed by atoms with Gasteiger partial charge < -0.3 is 4.90 Å². The van der Waals surface area contributed by atoms with E-state index in [2.05, 4.69) is 0 Å². The summed E-state index contributed by atoms with van der Waals surface area (Å²) in [6, 6.07) is 15.4. The Balaban J connectivity index is 2.17. The van der Waals surface area contributed by atoms with Gasteiger partial charge in [-0.15, -0.1) is 0 Å². The first kappa shape index (κ1) is 16.1. The van der Waals surface area contributed by atoms with Gasteiger partial charge in [0, 0.05) is 17.1 Å². The van der Waals surface area contributed by atoms with Crippen LogP contribution in [0.15, 0.2) is 60.7 Å². The molecule has 0 aliphatic rings. The van der Waals surface area contributed by atoms with Crippen molar-refractivity contribution >= 4 is 17.1 Å². The Bertz CT molecular complexity index is 821. The molecule has 4 heteroatoms. The predicted octanol–water partition coefficient (Wildman–Crippen LogP) is 6.19. The quantitative estimate of drug-likeness (QED) is 0.554. The van der Waals surface area contributed by atoms with Crippen LogP contribution in [0.3, 0.4) is 0 Å². The zero-order valence-corrected chi connectivity index (χ0v) is 13.4. The van der Waals surface area contributed by atoms with E-state index in [-0.39, 0.29) is 17.5 Å². The molecular formula is C20H16F3N. The molecule has 0 atom stereocenters. The van der Waals surface area contributed by atoms with Crippen molar-refractivity contribution in [2.24, 2.45) is 0 Å². The largest absolute Gasteiger partial charge is 0.310 e. The van der Waals surface area contributed by atoms with Gasteiger partial charge in [-0.2, -0.15) is 0 Å². The fourth-order valence-corrected chi connectivity index (χ4v) is 2.48. The minimum absolute atomic E-state index is 0.354. The second-order valence-corrected chi connectivity index (χ2v) is 5.68. The second-order valence-electron chi connectivity index (χ2n) is 5.68. The highest BCUT2D eigenvalue weighted by molar-refractivity contribution is 5.76. The molecule has 24 heavy (non-hydrogen) atoms. The van der Waals surface area contributed by atoms with Gasteiger partial charge in [0.2, 0.25) is 0 Å². The van der Waals surface area contributed by atoms with E-state index in [1.165, 1.54) is 24.3 Å². The summed E-state index contributed by atoms with van der Waals surface area (Å²) in [5.74, 6) is -1.08. The van der Waals surface area contributed by atoms with Gasteiger partial charge in [-0.3, -0.25) is 0 Å². The summed E-state index contributed by atoms with van der Waals surface area (Å²) in [6.45, 7) is 3.35. The molecule has 0 heterocycles. The molecule has 0 aliphatic heterocycles. The molecule has 0 spiro atoms. The minimum atomic E-state index is -0.371. The van der Waals surface area contributed by atoms with Crippen LogP contribution in [-0.2, 0) is 0 Å². The number of anilines is 3. The average Bonchev–Trinajstić information content (AvgIpc) is 2.56. The van der Waals surface area contributed by atoms with Crippen molar-refractivity contribution in [1.29, 1.82) is 0 Å². The van der Waals surface area contributed by atoms with Gasteiger partial charge >= 0.3 is 0 Å². The van der Waals surface area contributed by atoms with Crippen LogP contribution < -0.4 is 4.90 Å². The molecule has 3 aromatic rings. The van der Waals surface area contributed by atoms with E-state index in [9.17, 15) is 13.2 Å². The van der Waals surface area contributed by atoms with Crippen LogP contribution in [-0.4, -0.2) is 0 Å². The highest BCUT2D eigenvalue weighted by Gasteiger charge is 2.15. The summed E-state index contributed by atoms with van der Waals surface area (Å²) in [5.41, 5.74) is 2.73. The van der Waals surface area contributed by atoms with E-state index in [4.69, 9.17) is 0 Å². The number of rotatable bonds is 3. The SMILES string of the molecule is Cc1ccc(N(c2ccc(F)cc2)c2ccc(C)c(F)c2)cc1F. The summed E-state index contributed by atoms with van der Waals surface area (Å²) in [4.78, 5) is 1.68. The van der Waals surface area contributed by atoms with Crippen LogP contribution >= 0.6 is 0 Å². The van der Waals surface area contributed by atoms with E-state index in [0.717, 1.165) is 0 Å². The summed E-state index contributed by atoms with van der Waals surface area (Å²) in [7, 11) is 0. The van der Waals surface area contributed by atoms with Crippen molar-refractivity contribution in [3.05, 3.63) is 89.2 Å². The Morgan fingerprint density at radius 1 is 0.583 bits per heavy atom. The fourth-order valence-electron chi connectivity index (χ4n) is 2.48. The van der Waals surface area contributed by atoms with Gasteiger partial charge in [-0.05, 0) is 73.5 Å². The molecule has 0 fully saturated rings. The van der Waals surface area contributed by atoms with E-state index >= 15 is 0 Å². The van der Waals surface area contributed by atoms with Crippen molar-refractivity contribution in [3.63, 3.8) is 0 Å². The van der Waals surface area contributed by atoms with E-state index in [0.29, 0.717) is 28.2 Å². The zero-order chi connectivity index (χ0) is 17.3. The Hall–Kier alpha value is -2.75. The normalized spacial score (nSPS) is 10.7. The number of hydrogen-bond donors (Lipinski definition) is 0. The lowest BCUT2D eigenvalue weighted by molar-refractivity contribution is 0.617. The molecule has 122 valence electrons. The first-order chi connectivity index (χ1) is 11.5. The molecule has 1 nitrogen and oxygen atoms in total. The molecule has 0 N–H and O–H groups in total. The molecule has 3 rings (SSSR count). The van der Waals surface area contributed by atoms with Crippen LogP contribution in [0.1, 0.15) is 11.1 Å². The molecular weight excluding hydrogens is 311 g/mol. The first-order valence-electron chi connectivity index (χ1n) is 7.54. The Kier molecular flexibility index (Phi) is 4.30. The lowest BCUT2D eigenvalue weighted by atomic mass is 10.1. The number of nitrogens with zero attached hydrogens (tertiary/aromatic N) is 1. The molecule has 3 aromatic carbocycles.